The van der Waals surface area contributed by atoms with Crippen LogP contribution in [0.3, 0.4) is 0 Å². The van der Waals surface area contributed by atoms with Gasteiger partial charge in [0.15, 0.2) is 5.82 Å². The van der Waals surface area contributed by atoms with E-state index in [1.165, 1.54) is 6.20 Å². The van der Waals surface area contributed by atoms with Crippen molar-refractivity contribution in [1.29, 1.82) is 0 Å². The molecule has 0 bridgehead atoms. The summed E-state index contributed by atoms with van der Waals surface area (Å²) in [7, 11) is 0. The van der Waals surface area contributed by atoms with Crippen molar-refractivity contribution in [1.82, 2.24) is 29.5 Å². The SMILES string of the molecule is CCc1nc(C)cn1-c1ncc(NC(=O)c2ncc[nH]2)c(C(C)C)n1. The second-order valence-electron chi connectivity index (χ2n) is 6.04. The van der Waals surface area contributed by atoms with E-state index in [-0.39, 0.29) is 17.6 Å². The molecule has 8 nitrogen and oxygen atoms in total. The predicted octanol–water partition coefficient (Wildman–Crippen LogP) is 2.63. The molecule has 0 saturated carbocycles. The number of aromatic amines is 1. The van der Waals surface area contributed by atoms with E-state index in [2.05, 4.69) is 30.2 Å². The summed E-state index contributed by atoms with van der Waals surface area (Å²) in [6.45, 7) is 8.03. The number of nitrogens with one attached hydrogen (secondary N) is 2. The van der Waals surface area contributed by atoms with Crippen LogP contribution in [0.25, 0.3) is 5.95 Å². The van der Waals surface area contributed by atoms with Crippen LogP contribution in [0.2, 0.25) is 0 Å². The molecule has 0 aliphatic rings. The van der Waals surface area contributed by atoms with E-state index in [0.717, 1.165) is 23.6 Å². The van der Waals surface area contributed by atoms with E-state index >= 15 is 0 Å². The molecule has 0 radical (unpaired) electrons. The zero-order valence-electron chi connectivity index (χ0n) is 14.7. The Labute approximate surface area is 145 Å². The Bertz CT molecular complexity index is 881. The molecule has 130 valence electrons. The van der Waals surface area contributed by atoms with Crippen molar-refractivity contribution in [3.05, 3.63) is 47.8 Å². The van der Waals surface area contributed by atoms with Crippen LogP contribution in [-0.2, 0) is 6.42 Å². The summed E-state index contributed by atoms with van der Waals surface area (Å²) in [5, 5.41) is 2.82. The number of H-pyrrole nitrogens is 1. The Kier molecular flexibility index (Phi) is 4.60. The molecule has 0 saturated heterocycles. The smallest absolute Gasteiger partial charge is 0.291 e. The fourth-order valence-corrected chi connectivity index (χ4v) is 2.58. The number of hydrogen-bond donors (Lipinski definition) is 2. The standard InChI is InChI=1S/C17H21N7O/c1-5-13-21-11(4)9-24(13)17-20-8-12(14(23-17)10(2)3)22-16(25)15-18-6-7-19-15/h6-10H,5H2,1-4H3,(H,18,19)(H,22,25). The van der Waals surface area contributed by atoms with Crippen LogP contribution in [0.5, 0.6) is 0 Å². The number of nitrogens with zero attached hydrogens (tertiary/aromatic N) is 5. The first-order valence-corrected chi connectivity index (χ1v) is 8.22. The highest BCUT2D eigenvalue weighted by molar-refractivity contribution is 6.01. The quantitative estimate of drug-likeness (QED) is 0.744. The number of aryl methyl sites for hydroxylation is 2. The Morgan fingerprint density at radius 2 is 2.12 bits per heavy atom. The lowest BCUT2D eigenvalue weighted by molar-refractivity contribution is 0.101. The third-order valence-corrected chi connectivity index (χ3v) is 3.75. The lowest BCUT2D eigenvalue weighted by Gasteiger charge is -2.14. The van der Waals surface area contributed by atoms with Crippen LogP contribution in [0.1, 0.15) is 54.5 Å². The van der Waals surface area contributed by atoms with Gasteiger partial charge in [-0.25, -0.2) is 19.9 Å². The van der Waals surface area contributed by atoms with Crippen LogP contribution in [0.4, 0.5) is 5.69 Å². The summed E-state index contributed by atoms with van der Waals surface area (Å²) in [6.07, 6.45) is 7.47. The molecule has 8 heteroatoms. The molecular formula is C17H21N7O. The van der Waals surface area contributed by atoms with Gasteiger partial charge in [-0.2, -0.15) is 0 Å². The first-order valence-electron chi connectivity index (χ1n) is 8.22. The molecule has 1 amide bonds. The Hall–Kier alpha value is -3.03. The zero-order valence-corrected chi connectivity index (χ0v) is 14.7. The summed E-state index contributed by atoms with van der Waals surface area (Å²) < 4.78 is 1.89. The molecule has 3 aromatic rings. The highest BCUT2D eigenvalue weighted by Crippen LogP contribution is 2.23. The van der Waals surface area contributed by atoms with Crippen molar-refractivity contribution < 1.29 is 4.79 Å². The number of aromatic nitrogens is 6. The number of hydrogen-bond acceptors (Lipinski definition) is 5. The van der Waals surface area contributed by atoms with Crippen LogP contribution in [-0.4, -0.2) is 35.4 Å². The van der Waals surface area contributed by atoms with Crippen LogP contribution in [0.15, 0.2) is 24.8 Å². The molecule has 3 aromatic heterocycles. The van der Waals surface area contributed by atoms with Crippen molar-refractivity contribution in [3.8, 4) is 5.95 Å². The summed E-state index contributed by atoms with van der Waals surface area (Å²) in [5.74, 6) is 1.49. The van der Waals surface area contributed by atoms with Gasteiger partial charge in [0.1, 0.15) is 5.82 Å². The van der Waals surface area contributed by atoms with Crippen LogP contribution < -0.4 is 5.32 Å². The largest absolute Gasteiger partial charge is 0.341 e. The number of anilines is 1. The average Bonchev–Trinajstić information content (AvgIpc) is 3.24. The Morgan fingerprint density at radius 1 is 1.32 bits per heavy atom. The second kappa shape index (κ2) is 6.84. The van der Waals surface area contributed by atoms with Gasteiger partial charge in [-0.15, -0.1) is 0 Å². The van der Waals surface area contributed by atoms with Gasteiger partial charge in [0.05, 0.1) is 23.3 Å². The summed E-state index contributed by atoms with van der Waals surface area (Å²) in [6, 6.07) is 0. The number of imidazole rings is 2. The molecule has 0 atom stereocenters. The maximum absolute atomic E-state index is 12.2. The predicted molar refractivity (Wildman–Crippen MR) is 93.9 cm³/mol. The van der Waals surface area contributed by atoms with Crippen molar-refractivity contribution >= 4 is 11.6 Å². The van der Waals surface area contributed by atoms with E-state index in [1.54, 1.807) is 12.4 Å². The fourth-order valence-electron chi connectivity index (χ4n) is 2.58. The van der Waals surface area contributed by atoms with Crippen molar-refractivity contribution in [2.24, 2.45) is 0 Å². The van der Waals surface area contributed by atoms with E-state index in [1.807, 2.05) is 38.5 Å². The molecule has 3 heterocycles. The first kappa shape index (κ1) is 16.8. The molecule has 0 fully saturated rings. The molecular weight excluding hydrogens is 318 g/mol. The lowest BCUT2D eigenvalue weighted by atomic mass is 10.1. The van der Waals surface area contributed by atoms with Gasteiger partial charge in [-0.05, 0) is 12.8 Å². The minimum absolute atomic E-state index is 0.114. The molecule has 0 aliphatic heterocycles. The summed E-state index contributed by atoms with van der Waals surface area (Å²) in [4.78, 5) is 32.5. The zero-order chi connectivity index (χ0) is 18.0. The van der Waals surface area contributed by atoms with Gasteiger partial charge in [-0.3, -0.25) is 9.36 Å². The lowest BCUT2D eigenvalue weighted by Crippen LogP contribution is -2.17. The number of carbonyl (C=O) groups excluding carboxylic acids is 1. The number of rotatable bonds is 5. The highest BCUT2D eigenvalue weighted by atomic mass is 16.2. The Morgan fingerprint density at radius 3 is 2.76 bits per heavy atom. The summed E-state index contributed by atoms with van der Waals surface area (Å²) in [5.41, 5.74) is 2.26. The maximum atomic E-state index is 12.2. The van der Waals surface area contributed by atoms with E-state index in [9.17, 15) is 4.79 Å². The molecule has 0 aliphatic carbocycles. The van der Waals surface area contributed by atoms with Gasteiger partial charge < -0.3 is 10.3 Å². The van der Waals surface area contributed by atoms with Gasteiger partial charge in [0.2, 0.25) is 5.95 Å². The van der Waals surface area contributed by atoms with E-state index in [0.29, 0.717) is 11.6 Å². The van der Waals surface area contributed by atoms with Gasteiger partial charge in [0.25, 0.3) is 5.91 Å². The molecule has 0 aromatic carbocycles. The van der Waals surface area contributed by atoms with Crippen LogP contribution in [0, 0.1) is 6.92 Å². The molecule has 2 N–H and O–H groups in total. The minimum Gasteiger partial charge on any atom is -0.341 e. The van der Waals surface area contributed by atoms with E-state index in [4.69, 9.17) is 0 Å². The van der Waals surface area contributed by atoms with Gasteiger partial charge in [-0.1, -0.05) is 20.8 Å². The Balaban J connectivity index is 1.97. The van der Waals surface area contributed by atoms with Crippen molar-refractivity contribution in [2.75, 3.05) is 5.32 Å². The van der Waals surface area contributed by atoms with Crippen molar-refractivity contribution in [2.45, 2.75) is 40.0 Å². The number of amides is 1. The molecule has 0 unspecified atom stereocenters. The maximum Gasteiger partial charge on any atom is 0.291 e. The third-order valence-electron chi connectivity index (χ3n) is 3.75. The number of carbonyl (C=O) groups is 1. The fraction of sp³-hybridized carbons (Fsp3) is 0.353. The van der Waals surface area contributed by atoms with E-state index < -0.39 is 0 Å². The summed E-state index contributed by atoms with van der Waals surface area (Å²) >= 11 is 0. The second-order valence-corrected chi connectivity index (χ2v) is 6.04. The minimum atomic E-state index is -0.323. The topological polar surface area (TPSA) is 101 Å². The monoisotopic (exact) mass is 339 g/mol. The molecule has 25 heavy (non-hydrogen) atoms. The third kappa shape index (κ3) is 3.42. The molecule has 0 spiro atoms. The normalized spacial score (nSPS) is 11.1. The van der Waals surface area contributed by atoms with Gasteiger partial charge >= 0.3 is 0 Å². The van der Waals surface area contributed by atoms with Crippen molar-refractivity contribution in [3.63, 3.8) is 0 Å². The highest BCUT2D eigenvalue weighted by Gasteiger charge is 2.17. The molecule has 3 rings (SSSR count). The first-order chi connectivity index (χ1) is 12.0. The van der Waals surface area contributed by atoms with Crippen LogP contribution >= 0.6 is 0 Å². The average molecular weight is 339 g/mol. The van der Waals surface area contributed by atoms with Gasteiger partial charge in [0, 0.05) is 25.0 Å².